The maximum absolute atomic E-state index is 10.9. The first-order valence-corrected chi connectivity index (χ1v) is 7.46. The Hall–Kier alpha value is -0.340. The van der Waals surface area contributed by atoms with E-state index in [2.05, 4.69) is 34.1 Å². The van der Waals surface area contributed by atoms with Crippen LogP contribution in [-0.4, -0.2) is 10.7 Å². The molecule has 2 aliphatic rings. The summed E-state index contributed by atoms with van der Waals surface area (Å²) >= 11 is 3.52. The van der Waals surface area contributed by atoms with E-state index in [1.165, 1.54) is 36.8 Å². The van der Waals surface area contributed by atoms with Crippen molar-refractivity contribution in [2.24, 2.45) is 5.92 Å². The Balaban J connectivity index is 1.86. The molecule has 0 amide bonds. The van der Waals surface area contributed by atoms with Crippen molar-refractivity contribution in [3.8, 4) is 0 Å². The molecule has 0 aliphatic heterocycles. The van der Waals surface area contributed by atoms with Crippen molar-refractivity contribution in [1.29, 1.82) is 0 Å². The van der Waals surface area contributed by atoms with E-state index in [9.17, 15) is 5.11 Å². The van der Waals surface area contributed by atoms with Gasteiger partial charge >= 0.3 is 0 Å². The molecule has 1 aromatic carbocycles. The van der Waals surface area contributed by atoms with Crippen LogP contribution in [0.5, 0.6) is 0 Å². The van der Waals surface area contributed by atoms with Gasteiger partial charge in [0.25, 0.3) is 0 Å². The number of halogens is 1. The van der Waals surface area contributed by atoms with E-state index in [-0.39, 0.29) is 0 Å². The van der Waals surface area contributed by atoms with Crippen LogP contribution in [0, 0.1) is 5.92 Å². The van der Waals surface area contributed by atoms with Crippen LogP contribution in [0.15, 0.2) is 22.7 Å². The molecule has 2 heteroatoms. The summed E-state index contributed by atoms with van der Waals surface area (Å²) in [6, 6.07) is 6.49. The molecular weight excluding hydrogens is 276 g/mol. The van der Waals surface area contributed by atoms with E-state index in [0.29, 0.717) is 5.92 Å². The van der Waals surface area contributed by atoms with Crippen molar-refractivity contribution in [3.63, 3.8) is 0 Å². The summed E-state index contributed by atoms with van der Waals surface area (Å²) in [6.07, 6.45) is 7.90. The Bertz CT molecular complexity index is 423. The molecular formula is C15H19BrO. The first-order chi connectivity index (χ1) is 8.17. The summed E-state index contributed by atoms with van der Waals surface area (Å²) < 4.78 is 1.16. The third kappa shape index (κ3) is 2.17. The number of benzene rings is 1. The average Bonchev–Trinajstić information content (AvgIpc) is 2.84. The van der Waals surface area contributed by atoms with E-state index < -0.39 is 5.60 Å². The summed E-state index contributed by atoms with van der Waals surface area (Å²) in [7, 11) is 0. The Labute approximate surface area is 111 Å². The second kappa shape index (κ2) is 4.40. The lowest BCUT2D eigenvalue weighted by Gasteiger charge is -2.38. The van der Waals surface area contributed by atoms with Crippen molar-refractivity contribution in [2.75, 3.05) is 0 Å². The second-order valence-electron chi connectivity index (χ2n) is 5.67. The van der Waals surface area contributed by atoms with Gasteiger partial charge in [0.15, 0.2) is 0 Å². The lowest BCUT2D eigenvalue weighted by atomic mass is 9.72. The van der Waals surface area contributed by atoms with Gasteiger partial charge in [-0.25, -0.2) is 0 Å². The van der Waals surface area contributed by atoms with Crippen molar-refractivity contribution in [1.82, 2.24) is 0 Å². The van der Waals surface area contributed by atoms with Gasteiger partial charge in [-0.1, -0.05) is 34.8 Å². The van der Waals surface area contributed by atoms with Crippen LogP contribution >= 0.6 is 15.9 Å². The highest BCUT2D eigenvalue weighted by molar-refractivity contribution is 9.10. The van der Waals surface area contributed by atoms with E-state index in [1.807, 2.05) is 0 Å². The van der Waals surface area contributed by atoms with Gasteiger partial charge in [0.1, 0.15) is 0 Å². The number of aryl methyl sites for hydroxylation is 1. The predicted octanol–water partition coefficient (Wildman–Crippen LogP) is 3.86. The molecule has 0 radical (unpaired) electrons. The zero-order valence-electron chi connectivity index (χ0n) is 10.1. The zero-order valence-corrected chi connectivity index (χ0v) is 11.7. The molecule has 1 nitrogen and oxygen atoms in total. The van der Waals surface area contributed by atoms with Crippen LogP contribution in [0.2, 0.25) is 0 Å². The van der Waals surface area contributed by atoms with Crippen molar-refractivity contribution < 1.29 is 5.11 Å². The normalized spacial score (nSPS) is 29.3. The Kier molecular flexibility index (Phi) is 3.04. The van der Waals surface area contributed by atoms with Gasteiger partial charge in [-0.05, 0) is 54.9 Å². The topological polar surface area (TPSA) is 20.2 Å². The molecule has 1 unspecified atom stereocenters. The van der Waals surface area contributed by atoms with Gasteiger partial charge in [0.2, 0.25) is 0 Å². The second-order valence-corrected chi connectivity index (χ2v) is 6.59. The Morgan fingerprint density at radius 3 is 2.71 bits per heavy atom. The molecule has 1 atom stereocenters. The molecule has 0 saturated heterocycles. The minimum atomic E-state index is -0.419. The number of hydrogen-bond donors (Lipinski definition) is 1. The molecule has 0 heterocycles. The molecule has 1 saturated carbocycles. The van der Waals surface area contributed by atoms with Crippen LogP contribution < -0.4 is 0 Å². The number of hydrogen-bond acceptors (Lipinski definition) is 1. The molecule has 2 aliphatic carbocycles. The van der Waals surface area contributed by atoms with E-state index in [4.69, 9.17) is 0 Å². The van der Waals surface area contributed by atoms with Crippen LogP contribution in [0.3, 0.4) is 0 Å². The van der Waals surface area contributed by atoms with Gasteiger partial charge in [-0.3, -0.25) is 0 Å². The van der Waals surface area contributed by atoms with Crippen LogP contribution in [0.4, 0.5) is 0 Å². The number of rotatable bonds is 1. The minimum absolute atomic E-state index is 0.419. The third-order valence-corrected chi connectivity index (χ3v) is 5.10. The summed E-state index contributed by atoms with van der Waals surface area (Å²) in [5.41, 5.74) is 2.35. The number of fused-ring (bicyclic) bond motifs is 1. The van der Waals surface area contributed by atoms with Crippen molar-refractivity contribution in [3.05, 3.63) is 33.8 Å². The van der Waals surface area contributed by atoms with Gasteiger partial charge in [-0.2, -0.15) is 0 Å². The predicted molar refractivity (Wildman–Crippen MR) is 73.1 cm³/mol. The quantitative estimate of drug-likeness (QED) is 0.834. The molecule has 0 bridgehead atoms. The van der Waals surface area contributed by atoms with Crippen molar-refractivity contribution in [2.45, 2.75) is 50.5 Å². The molecule has 1 fully saturated rings. The standard InChI is InChI=1S/C15H19BrO/c16-14-6-5-12-10-15(17,8-7-11(12)9-14)13-3-1-2-4-13/h5-6,9,13,17H,1-4,7-8,10H2. The highest BCUT2D eigenvalue weighted by Gasteiger charge is 2.40. The fraction of sp³-hybridized carbons (Fsp3) is 0.600. The lowest BCUT2D eigenvalue weighted by Crippen LogP contribution is -2.42. The van der Waals surface area contributed by atoms with Crippen LogP contribution in [-0.2, 0) is 12.8 Å². The SMILES string of the molecule is OC1(C2CCCC2)CCc2cc(Br)ccc2C1. The molecule has 92 valence electrons. The lowest BCUT2D eigenvalue weighted by molar-refractivity contribution is -0.0282. The smallest absolute Gasteiger partial charge is 0.0719 e. The number of aliphatic hydroxyl groups is 1. The Morgan fingerprint density at radius 2 is 1.94 bits per heavy atom. The van der Waals surface area contributed by atoms with Crippen LogP contribution in [0.1, 0.15) is 43.2 Å². The first kappa shape index (κ1) is 11.7. The van der Waals surface area contributed by atoms with E-state index in [1.54, 1.807) is 0 Å². The maximum Gasteiger partial charge on any atom is 0.0719 e. The molecule has 1 N–H and O–H groups in total. The van der Waals surface area contributed by atoms with Crippen molar-refractivity contribution >= 4 is 15.9 Å². The van der Waals surface area contributed by atoms with E-state index >= 15 is 0 Å². The maximum atomic E-state index is 10.9. The highest BCUT2D eigenvalue weighted by Crippen LogP contribution is 2.42. The van der Waals surface area contributed by atoms with Gasteiger partial charge in [0.05, 0.1) is 5.60 Å². The Morgan fingerprint density at radius 1 is 1.18 bits per heavy atom. The van der Waals surface area contributed by atoms with Gasteiger partial charge in [-0.15, -0.1) is 0 Å². The summed E-state index contributed by atoms with van der Waals surface area (Å²) in [6.45, 7) is 0. The molecule has 1 aromatic rings. The molecule has 0 spiro atoms. The fourth-order valence-electron chi connectivity index (χ4n) is 3.58. The summed E-state index contributed by atoms with van der Waals surface area (Å²) in [5, 5.41) is 10.9. The van der Waals surface area contributed by atoms with Gasteiger partial charge < -0.3 is 5.11 Å². The van der Waals surface area contributed by atoms with Gasteiger partial charge in [0, 0.05) is 10.9 Å². The fourth-order valence-corrected chi connectivity index (χ4v) is 3.99. The summed E-state index contributed by atoms with van der Waals surface area (Å²) in [5.74, 6) is 0.541. The van der Waals surface area contributed by atoms with Crippen LogP contribution in [0.25, 0.3) is 0 Å². The zero-order chi connectivity index (χ0) is 11.9. The molecule has 17 heavy (non-hydrogen) atoms. The highest BCUT2D eigenvalue weighted by atomic mass is 79.9. The minimum Gasteiger partial charge on any atom is -0.389 e. The molecule has 0 aromatic heterocycles. The monoisotopic (exact) mass is 294 g/mol. The third-order valence-electron chi connectivity index (χ3n) is 4.61. The average molecular weight is 295 g/mol. The molecule has 3 rings (SSSR count). The summed E-state index contributed by atoms with van der Waals surface area (Å²) in [4.78, 5) is 0. The van der Waals surface area contributed by atoms with E-state index in [0.717, 1.165) is 23.7 Å². The first-order valence-electron chi connectivity index (χ1n) is 6.67. The largest absolute Gasteiger partial charge is 0.389 e.